The molecule has 0 aliphatic rings. The van der Waals surface area contributed by atoms with E-state index >= 15 is 0 Å². The van der Waals surface area contributed by atoms with E-state index in [0.29, 0.717) is 24.1 Å². The molecule has 2 aromatic rings. The highest BCUT2D eigenvalue weighted by atomic mass is 16.1. The Hall–Kier alpha value is -2.69. The third-order valence-electron chi connectivity index (χ3n) is 3.13. The minimum Gasteiger partial charge on any atom is -0.351 e. The molecule has 0 aliphatic carbocycles. The van der Waals surface area contributed by atoms with Crippen molar-refractivity contribution in [2.45, 2.75) is 19.8 Å². The second-order valence-electron chi connectivity index (χ2n) is 5.17. The average Bonchev–Trinajstić information content (AvgIpc) is 2.53. The molecule has 1 aromatic heterocycles. The van der Waals surface area contributed by atoms with Crippen LogP contribution in [-0.2, 0) is 0 Å². The lowest BCUT2D eigenvalue weighted by Crippen LogP contribution is -2.15. The van der Waals surface area contributed by atoms with Gasteiger partial charge in [-0.2, -0.15) is 0 Å². The van der Waals surface area contributed by atoms with E-state index in [1.165, 1.54) is 5.56 Å². The molecule has 0 spiro atoms. The number of amides is 1. The van der Waals surface area contributed by atoms with E-state index in [1.807, 2.05) is 24.3 Å². The van der Waals surface area contributed by atoms with Crippen LogP contribution in [0.15, 0.2) is 49.2 Å². The average molecular weight is 296 g/mol. The molecular formula is C17H20N4O. The maximum atomic E-state index is 12.2. The molecule has 0 bridgehead atoms. The van der Waals surface area contributed by atoms with Crippen LogP contribution in [0, 0.1) is 0 Å². The third kappa shape index (κ3) is 4.15. The summed E-state index contributed by atoms with van der Waals surface area (Å²) in [7, 11) is 0. The van der Waals surface area contributed by atoms with Gasteiger partial charge in [0.1, 0.15) is 5.69 Å². The first kappa shape index (κ1) is 15.7. The van der Waals surface area contributed by atoms with Crippen molar-refractivity contribution >= 4 is 17.5 Å². The summed E-state index contributed by atoms with van der Waals surface area (Å²) in [6, 6.07) is 9.39. The van der Waals surface area contributed by atoms with E-state index in [-0.39, 0.29) is 5.91 Å². The zero-order chi connectivity index (χ0) is 15.9. The fourth-order valence-electron chi connectivity index (χ4n) is 1.88. The number of nitrogens with zero attached hydrogens (tertiary/aromatic N) is 2. The van der Waals surface area contributed by atoms with Crippen molar-refractivity contribution in [3.8, 4) is 0 Å². The zero-order valence-electron chi connectivity index (χ0n) is 12.8. The van der Waals surface area contributed by atoms with E-state index in [4.69, 9.17) is 0 Å². The van der Waals surface area contributed by atoms with Crippen molar-refractivity contribution in [2.75, 3.05) is 17.2 Å². The van der Waals surface area contributed by atoms with Crippen LogP contribution in [0.25, 0.3) is 0 Å². The maximum Gasteiger partial charge on any atom is 0.274 e. The van der Waals surface area contributed by atoms with Gasteiger partial charge in [0.05, 0.1) is 0 Å². The van der Waals surface area contributed by atoms with Crippen molar-refractivity contribution in [2.24, 2.45) is 0 Å². The molecule has 5 nitrogen and oxygen atoms in total. The first-order chi connectivity index (χ1) is 10.6. The van der Waals surface area contributed by atoms with Gasteiger partial charge in [-0.1, -0.05) is 32.1 Å². The Morgan fingerprint density at radius 3 is 2.64 bits per heavy atom. The SMILES string of the molecule is C=CCNc1nccc(C(=O)Nc2ccc(C(C)C)cc2)n1. The van der Waals surface area contributed by atoms with Gasteiger partial charge in [-0.3, -0.25) is 4.79 Å². The molecule has 114 valence electrons. The van der Waals surface area contributed by atoms with Crippen LogP contribution in [0.1, 0.15) is 35.8 Å². The van der Waals surface area contributed by atoms with E-state index in [2.05, 4.69) is 41.0 Å². The number of nitrogens with one attached hydrogen (secondary N) is 2. The van der Waals surface area contributed by atoms with Crippen molar-refractivity contribution in [1.82, 2.24) is 9.97 Å². The Morgan fingerprint density at radius 1 is 1.27 bits per heavy atom. The van der Waals surface area contributed by atoms with E-state index in [1.54, 1.807) is 18.3 Å². The number of carbonyl (C=O) groups excluding carboxylic acids is 1. The number of aromatic nitrogens is 2. The molecule has 22 heavy (non-hydrogen) atoms. The summed E-state index contributed by atoms with van der Waals surface area (Å²) in [6.07, 6.45) is 3.25. The fourth-order valence-corrected chi connectivity index (χ4v) is 1.88. The summed E-state index contributed by atoms with van der Waals surface area (Å²) in [4.78, 5) is 20.4. The van der Waals surface area contributed by atoms with Crippen LogP contribution in [-0.4, -0.2) is 22.4 Å². The van der Waals surface area contributed by atoms with E-state index in [9.17, 15) is 4.79 Å². The van der Waals surface area contributed by atoms with Crippen LogP contribution in [0.5, 0.6) is 0 Å². The predicted octanol–water partition coefficient (Wildman–Crippen LogP) is 3.45. The number of rotatable bonds is 6. The lowest BCUT2D eigenvalue weighted by Gasteiger charge is -2.09. The standard InChI is InChI=1S/C17H20N4O/c1-4-10-18-17-19-11-9-15(21-17)16(22)20-14-7-5-13(6-8-14)12(2)3/h4-9,11-12H,1,10H2,2-3H3,(H,20,22)(H,18,19,21). The van der Waals surface area contributed by atoms with Gasteiger partial charge in [0.25, 0.3) is 5.91 Å². The predicted molar refractivity (Wildman–Crippen MR) is 89.2 cm³/mol. The van der Waals surface area contributed by atoms with Gasteiger partial charge in [-0.15, -0.1) is 6.58 Å². The number of carbonyl (C=O) groups is 1. The molecule has 5 heteroatoms. The Balaban J connectivity index is 2.06. The van der Waals surface area contributed by atoms with Gasteiger partial charge in [-0.25, -0.2) is 9.97 Å². The summed E-state index contributed by atoms with van der Waals surface area (Å²) in [5.41, 5.74) is 2.29. The van der Waals surface area contributed by atoms with E-state index in [0.717, 1.165) is 5.69 Å². The largest absolute Gasteiger partial charge is 0.351 e. The van der Waals surface area contributed by atoms with Gasteiger partial charge < -0.3 is 10.6 Å². The van der Waals surface area contributed by atoms with Crippen molar-refractivity contribution < 1.29 is 4.79 Å². The molecule has 0 saturated heterocycles. The Kier molecular flexibility index (Phi) is 5.25. The Labute approximate surface area is 130 Å². The minimum absolute atomic E-state index is 0.263. The third-order valence-corrected chi connectivity index (χ3v) is 3.13. The van der Waals surface area contributed by atoms with Gasteiger partial charge in [0.2, 0.25) is 5.95 Å². The van der Waals surface area contributed by atoms with Gasteiger partial charge >= 0.3 is 0 Å². The fraction of sp³-hybridized carbons (Fsp3) is 0.235. The first-order valence-corrected chi connectivity index (χ1v) is 7.19. The zero-order valence-corrected chi connectivity index (χ0v) is 12.8. The van der Waals surface area contributed by atoms with Crippen molar-refractivity contribution in [1.29, 1.82) is 0 Å². The number of hydrogen-bond donors (Lipinski definition) is 2. The Bertz CT molecular complexity index is 650. The normalized spacial score (nSPS) is 10.3. The first-order valence-electron chi connectivity index (χ1n) is 7.19. The highest BCUT2D eigenvalue weighted by Crippen LogP contribution is 2.17. The molecule has 2 rings (SSSR count). The minimum atomic E-state index is -0.263. The van der Waals surface area contributed by atoms with Crippen LogP contribution in [0.2, 0.25) is 0 Å². The lowest BCUT2D eigenvalue weighted by atomic mass is 10.0. The molecule has 0 atom stereocenters. The van der Waals surface area contributed by atoms with Crippen LogP contribution < -0.4 is 10.6 Å². The second-order valence-corrected chi connectivity index (χ2v) is 5.17. The van der Waals surface area contributed by atoms with Gasteiger partial charge in [0.15, 0.2) is 0 Å². The van der Waals surface area contributed by atoms with Gasteiger partial charge in [-0.05, 0) is 29.7 Å². The Morgan fingerprint density at radius 2 is 2.00 bits per heavy atom. The highest BCUT2D eigenvalue weighted by Gasteiger charge is 2.09. The number of benzene rings is 1. The highest BCUT2D eigenvalue weighted by molar-refractivity contribution is 6.02. The van der Waals surface area contributed by atoms with Crippen molar-refractivity contribution in [3.05, 3.63) is 60.4 Å². The van der Waals surface area contributed by atoms with Crippen molar-refractivity contribution in [3.63, 3.8) is 0 Å². The molecular weight excluding hydrogens is 276 g/mol. The summed E-state index contributed by atoms with van der Waals surface area (Å²) in [6.45, 7) is 8.42. The van der Waals surface area contributed by atoms with Crippen LogP contribution in [0.4, 0.5) is 11.6 Å². The van der Waals surface area contributed by atoms with E-state index < -0.39 is 0 Å². The van der Waals surface area contributed by atoms with Crippen LogP contribution in [0.3, 0.4) is 0 Å². The molecule has 1 heterocycles. The molecule has 0 radical (unpaired) electrons. The molecule has 1 aromatic carbocycles. The molecule has 0 aliphatic heterocycles. The molecule has 1 amide bonds. The summed E-state index contributed by atoms with van der Waals surface area (Å²) < 4.78 is 0. The lowest BCUT2D eigenvalue weighted by molar-refractivity contribution is 0.102. The quantitative estimate of drug-likeness (QED) is 0.801. The summed E-state index contributed by atoms with van der Waals surface area (Å²) >= 11 is 0. The molecule has 0 fully saturated rings. The summed E-state index contributed by atoms with van der Waals surface area (Å²) in [5, 5.41) is 5.78. The maximum absolute atomic E-state index is 12.2. The topological polar surface area (TPSA) is 66.9 Å². The summed E-state index contributed by atoms with van der Waals surface area (Å²) in [5.74, 6) is 0.606. The smallest absolute Gasteiger partial charge is 0.274 e. The number of hydrogen-bond acceptors (Lipinski definition) is 4. The number of anilines is 2. The van der Waals surface area contributed by atoms with Gasteiger partial charge in [0, 0.05) is 18.4 Å². The molecule has 0 unspecified atom stereocenters. The molecule has 2 N–H and O–H groups in total. The molecule has 0 saturated carbocycles. The monoisotopic (exact) mass is 296 g/mol. The second kappa shape index (κ2) is 7.36. The van der Waals surface area contributed by atoms with Crippen LogP contribution >= 0.6 is 0 Å².